The van der Waals surface area contributed by atoms with Crippen LogP contribution in [0.2, 0.25) is 18.1 Å². The maximum absolute atomic E-state index is 10.1. The van der Waals surface area contributed by atoms with Gasteiger partial charge in [0.05, 0.1) is 12.7 Å². The summed E-state index contributed by atoms with van der Waals surface area (Å²) < 4.78 is 10.7. The normalized spacial score (nSPS) is 13.8. The minimum atomic E-state index is -1.76. The second-order valence-electron chi connectivity index (χ2n) is 8.65. The molecule has 30 heavy (non-hydrogen) atoms. The number of terminal acetylenes is 2. The molecule has 0 heterocycles. The van der Waals surface area contributed by atoms with Gasteiger partial charge in [0.25, 0.3) is 0 Å². The van der Waals surface area contributed by atoms with Crippen molar-refractivity contribution < 1.29 is 19.1 Å². The number of amides is 1. The van der Waals surface area contributed by atoms with Crippen molar-refractivity contribution in [2.45, 2.75) is 77.6 Å². The van der Waals surface area contributed by atoms with Crippen molar-refractivity contribution in [1.29, 1.82) is 0 Å². The molecule has 0 unspecified atom stereocenters. The zero-order chi connectivity index (χ0) is 23.6. The molecular formula is C24H41NO4Si. The molecule has 0 saturated carbocycles. The van der Waals surface area contributed by atoms with Crippen LogP contribution in [0.3, 0.4) is 0 Å². The Labute approximate surface area is 185 Å². The van der Waals surface area contributed by atoms with Crippen LogP contribution in [-0.4, -0.2) is 38.8 Å². The van der Waals surface area contributed by atoms with E-state index in [9.17, 15) is 4.79 Å². The number of allylic oxidation sites excluding steroid dienone is 1. The highest BCUT2D eigenvalue weighted by Crippen LogP contribution is 2.37. The predicted molar refractivity (Wildman–Crippen MR) is 128 cm³/mol. The molecule has 0 aromatic rings. The lowest BCUT2D eigenvalue weighted by molar-refractivity contribution is 0.169. The summed E-state index contributed by atoms with van der Waals surface area (Å²) in [6.45, 7) is 13.5. The number of aliphatic hydroxyl groups is 1. The smallest absolute Gasteiger partial charge is 0.404 e. The molecule has 0 saturated heterocycles. The Kier molecular flexibility index (Phi) is 16.9. The highest BCUT2D eigenvalue weighted by molar-refractivity contribution is 6.74. The number of ether oxygens (including phenoxy) is 1. The standard InChI is InChI=1S/C14H26O2Si.C10H15NO2/c1-7-10-13(11-8-9-12-15)16-17(5,6)14(2,3)4;1-3-6-9(2)7-4-5-8-13-10(11)12/h1,8-9,13,15H,10-12H2,2-6H3;1,4-5,9H,6-8H2,2H3,(H2,11,12)/b9-8+;5-4+/t13-;9-/m11/s1. The highest BCUT2D eigenvalue weighted by Gasteiger charge is 2.38. The molecule has 0 aromatic heterocycles. The van der Waals surface area contributed by atoms with Gasteiger partial charge in [0, 0.05) is 12.8 Å². The third-order valence-electron chi connectivity index (χ3n) is 4.78. The molecule has 0 rings (SSSR count). The van der Waals surface area contributed by atoms with Crippen LogP contribution in [0.5, 0.6) is 0 Å². The summed E-state index contributed by atoms with van der Waals surface area (Å²) in [7, 11) is -1.76. The lowest BCUT2D eigenvalue weighted by atomic mass is 10.0. The summed E-state index contributed by atoms with van der Waals surface area (Å²) in [5, 5.41) is 8.91. The van der Waals surface area contributed by atoms with Crippen LogP contribution in [0, 0.1) is 30.6 Å². The van der Waals surface area contributed by atoms with Crippen LogP contribution in [-0.2, 0) is 9.16 Å². The molecule has 0 aliphatic rings. The third-order valence-corrected chi connectivity index (χ3v) is 9.31. The summed E-state index contributed by atoms with van der Waals surface area (Å²) in [5.74, 6) is 5.72. The van der Waals surface area contributed by atoms with E-state index in [2.05, 4.69) is 57.4 Å². The molecule has 1 amide bonds. The number of carbonyl (C=O) groups excluding carboxylic acids is 1. The number of aliphatic hydroxyl groups excluding tert-OH is 1. The molecule has 3 N–H and O–H groups in total. The van der Waals surface area contributed by atoms with Gasteiger partial charge in [0.15, 0.2) is 8.32 Å². The van der Waals surface area contributed by atoms with Gasteiger partial charge in [-0.05, 0) is 36.9 Å². The van der Waals surface area contributed by atoms with Gasteiger partial charge in [-0.1, -0.05) is 52.0 Å². The van der Waals surface area contributed by atoms with Gasteiger partial charge in [0.2, 0.25) is 0 Å². The molecule has 6 heteroatoms. The summed E-state index contributed by atoms with van der Waals surface area (Å²) in [6, 6.07) is 0. The van der Waals surface area contributed by atoms with Gasteiger partial charge in [-0.15, -0.1) is 24.7 Å². The van der Waals surface area contributed by atoms with E-state index in [1.54, 1.807) is 12.2 Å². The van der Waals surface area contributed by atoms with E-state index in [1.807, 2.05) is 12.2 Å². The fourth-order valence-corrected chi connectivity index (χ4v) is 3.40. The molecular weight excluding hydrogens is 394 g/mol. The van der Waals surface area contributed by atoms with Crippen molar-refractivity contribution in [1.82, 2.24) is 0 Å². The summed E-state index contributed by atoms with van der Waals surface area (Å²) in [6.07, 6.45) is 20.3. The number of rotatable bonds is 11. The van der Waals surface area contributed by atoms with Crippen LogP contribution in [0.4, 0.5) is 4.79 Å². The SMILES string of the molecule is C#CC[C@@H](C)C/C=C/COC(N)=O.C#CC[C@H](C/C=C/CO)O[Si](C)(C)C(C)(C)C. The quantitative estimate of drug-likeness (QED) is 0.271. The Balaban J connectivity index is 0. The first-order valence-corrected chi connectivity index (χ1v) is 13.2. The number of primary amides is 1. The first-order chi connectivity index (χ1) is 13.9. The second-order valence-corrected chi connectivity index (χ2v) is 13.4. The van der Waals surface area contributed by atoms with E-state index < -0.39 is 14.4 Å². The van der Waals surface area contributed by atoms with Gasteiger partial charge < -0.3 is 20.0 Å². The Morgan fingerprint density at radius 3 is 2.13 bits per heavy atom. The third kappa shape index (κ3) is 16.9. The number of nitrogens with two attached hydrogens (primary N) is 1. The fraction of sp³-hybridized carbons (Fsp3) is 0.625. The lowest BCUT2D eigenvalue weighted by Gasteiger charge is -2.38. The number of hydrogen-bond acceptors (Lipinski definition) is 4. The predicted octanol–water partition coefficient (Wildman–Crippen LogP) is 5.03. The molecule has 0 aromatic carbocycles. The zero-order valence-electron chi connectivity index (χ0n) is 19.6. The number of hydrogen-bond donors (Lipinski definition) is 2. The minimum absolute atomic E-state index is 0.0723. The average Bonchev–Trinajstić information content (AvgIpc) is 2.61. The van der Waals surface area contributed by atoms with Gasteiger partial charge in [-0.2, -0.15) is 0 Å². The molecule has 0 aliphatic heterocycles. The van der Waals surface area contributed by atoms with Crippen molar-refractivity contribution in [2.24, 2.45) is 11.7 Å². The Morgan fingerprint density at radius 2 is 1.67 bits per heavy atom. The molecule has 170 valence electrons. The van der Waals surface area contributed by atoms with E-state index in [-0.39, 0.29) is 24.4 Å². The first kappa shape index (κ1) is 30.2. The van der Waals surface area contributed by atoms with Crippen molar-refractivity contribution in [3.63, 3.8) is 0 Å². The monoisotopic (exact) mass is 435 g/mol. The summed E-state index contributed by atoms with van der Waals surface area (Å²) >= 11 is 0. The molecule has 0 spiro atoms. The van der Waals surface area contributed by atoms with E-state index >= 15 is 0 Å². The van der Waals surface area contributed by atoms with E-state index in [0.29, 0.717) is 12.3 Å². The first-order valence-electron chi connectivity index (χ1n) is 10.3. The Bertz CT molecular complexity index is 606. The summed E-state index contributed by atoms with van der Waals surface area (Å²) in [5.41, 5.74) is 4.76. The maximum Gasteiger partial charge on any atom is 0.404 e. The van der Waals surface area contributed by atoms with Crippen LogP contribution in [0.15, 0.2) is 24.3 Å². The lowest BCUT2D eigenvalue weighted by Crippen LogP contribution is -2.43. The highest BCUT2D eigenvalue weighted by atomic mass is 28.4. The zero-order valence-corrected chi connectivity index (χ0v) is 20.6. The largest absolute Gasteiger partial charge is 0.445 e. The number of carbonyl (C=O) groups is 1. The van der Waals surface area contributed by atoms with E-state index in [1.165, 1.54) is 0 Å². The van der Waals surface area contributed by atoms with Crippen molar-refractivity contribution in [2.75, 3.05) is 13.2 Å². The molecule has 0 aliphatic carbocycles. The minimum Gasteiger partial charge on any atom is -0.445 e. The topological polar surface area (TPSA) is 81.8 Å². The van der Waals surface area contributed by atoms with Gasteiger partial charge in [0.1, 0.15) is 6.61 Å². The van der Waals surface area contributed by atoms with Crippen molar-refractivity contribution in [3.05, 3.63) is 24.3 Å². The van der Waals surface area contributed by atoms with Crippen LogP contribution in [0.1, 0.15) is 53.4 Å². The molecule has 0 radical (unpaired) electrons. The second kappa shape index (κ2) is 16.8. The van der Waals surface area contributed by atoms with Crippen LogP contribution in [0.25, 0.3) is 0 Å². The van der Waals surface area contributed by atoms with Gasteiger partial charge in [-0.25, -0.2) is 4.79 Å². The molecule has 0 fully saturated rings. The van der Waals surface area contributed by atoms with Crippen LogP contribution >= 0.6 is 0 Å². The fourth-order valence-electron chi connectivity index (χ4n) is 2.03. The average molecular weight is 436 g/mol. The van der Waals surface area contributed by atoms with Crippen LogP contribution < -0.4 is 5.73 Å². The Morgan fingerprint density at radius 1 is 1.10 bits per heavy atom. The van der Waals surface area contributed by atoms with E-state index in [4.69, 9.17) is 28.1 Å². The van der Waals surface area contributed by atoms with Crippen molar-refractivity contribution >= 4 is 14.4 Å². The molecule has 5 nitrogen and oxygen atoms in total. The molecule has 2 atom stereocenters. The van der Waals surface area contributed by atoms with Gasteiger partial charge in [-0.3, -0.25) is 0 Å². The summed E-state index contributed by atoms with van der Waals surface area (Å²) in [4.78, 5) is 10.1. The maximum atomic E-state index is 10.1. The van der Waals surface area contributed by atoms with Gasteiger partial charge >= 0.3 is 6.09 Å². The van der Waals surface area contributed by atoms with E-state index in [0.717, 1.165) is 19.3 Å². The Hall–Kier alpha value is -1.99. The molecule has 0 bridgehead atoms. The van der Waals surface area contributed by atoms with Crippen molar-refractivity contribution in [3.8, 4) is 24.7 Å².